The maximum absolute atomic E-state index is 2.42. The van der Waals surface area contributed by atoms with E-state index in [2.05, 4.69) is 105 Å². The molecule has 2 rings (SSSR count). The smallest absolute Gasteiger partial charge is 0.0126 e. The Balaban J connectivity index is 2.48. The van der Waals surface area contributed by atoms with Gasteiger partial charge in [-0.25, -0.2) is 0 Å². The van der Waals surface area contributed by atoms with Gasteiger partial charge < -0.3 is 0 Å². The van der Waals surface area contributed by atoms with E-state index in [4.69, 9.17) is 0 Å². The number of hydrogen-bond donors (Lipinski definition) is 0. The average Bonchev–Trinajstić information content (AvgIpc) is 2.52. The lowest BCUT2D eigenvalue weighted by Crippen LogP contribution is -2.29. The maximum Gasteiger partial charge on any atom is -0.0126 e. The molecule has 148 valence electrons. The van der Waals surface area contributed by atoms with Crippen molar-refractivity contribution in [1.29, 1.82) is 0 Å². The lowest BCUT2D eigenvalue weighted by molar-refractivity contribution is 0.493. The van der Waals surface area contributed by atoms with Gasteiger partial charge in [-0.05, 0) is 63.3 Å². The fourth-order valence-electron chi connectivity index (χ4n) is 4.24. The van der Waals surface area contributed by atoms with Crippen LogP contribution in [-0.4, -0.2) is 0 Å². The van der Waals surface area contributed by atoms with Gasteiger partial charge in [0.1, 0.15) is 0 Å². The Hall–Kier alpha value is -1.56. The van der Waals surface area contributed by atoms with Crippen molar-refractivity contribution >= 4 is 0 Å². The summed E-state index contributed by atoms with van der Waals surface area (Å²) in [5.41, 5.74) is 8.08. The minimum absolute atomic E-state index is 0.140. The van der Waals surface area contributed by atoms with Gasteiger partial charge in [-0.3, -0.25) is 0 Å². The van der Waals surface area contributed by atoms with Crippen LogP contribution in [0.3, 0.4) is 0 Å². The molecule has 27 heavy (non-hydrogen) atoms. The molecule has 0 heterocycles. The predicted molar refractivity (Wildman–Crippen MR) is 121 cm³/mol. The summed E-state index contributed by atoms with van der Waals surface area (Å²) in [6.45, 7) is 21.3. The van der Waals surface area contributed by atoms with Crippen molar-refractivity contribution in [3.63, 3.8) is 0 Å². The minimum atomic E-state index is 0.140. The molecule has 0 nitrogen and oxygen atoms in total. The molecule has 0 bridgehead atoms. The van der Waals surface area contributed by atoms with E-state index in [-0.39, 0.29) is 16.2 Å². The summed E-state index contributed by atoms with van der Waals surface area (Å²) in [6.07, 6.45) is 3.50. The van der Waals surface area contributed by atoms with Crippen LogP contribution in [-0.2, 0) is 29.1 Å². The van der Waals surface area contributed by atoms with Gasteiger partial charge in [0, 0.05) is 0 Å². The lowest BCUT2D eigenvalue weighted by Gasteiger charge is -2.38. The van der Waals surface area contributed by atoms with Gasteiger partial charge in [-0.1, -0.05) is 105 Å². The van der Waals surface area contributed by atoms with Crippen molar-refractivity contribution in [3.8, 4) is 0 Å². The van der Waals surface area contributed by atoms with Gasteiger partial charge in [0.15, 0.2) is 0 Å². The van der Waals surface area contributed by atoms with Crippen LogP contribution >= 0.6 is 0 Å². The van der Waals surface area contributed by atoms with Gasteiger partial charge >= 0.3 is 0 Å². The summed E-state index contributed by atoms with van der Waals surface area (Å²) in [4.78, 5) is 0. The number of rotatable bonds is 4. The Morgan fingerprint density at radius 3 is 1.59 bits per heavy atom. The zero-order valence-corrected chi connectivity index (χ0v) is 19.2. The van der Waals surface area contributed by atoms with Crippen LogP contribution in [0.4, 0.5) is 0 Å². The second kappa shape index (κ2) is 7.82. The Morgan fingerprint density at radius 1 is 0.556 bits per heavy atom. The first-order valence-electron chi connectivity index (χ1n) is 10.5. The predicted octanol–water partition coefficient (Wildman–Crippen LogP) is 7.75. The number of hydrogen-bond acceptors (Lipinski definition) is 0. The zero-order valence-electron chi connectivity index (χ0n) is 19.2. The van der Waals surface area contributed by atoms with E-state index < -0.39 is 0 Å². The molecule has 2 aromatic carbocycles. The van der Waals surface area contributed by atoms with Crippen LogP contribution in [0.25, 0.3) is 0 Å². The van der Waals surface area contributed by atoms with Gasteiger partial charge in [0.25, 0.3) is 0 Å². The third kappa shape index (κ3) is 5.47. The molecule has 0 unspecified atom stereocenters. The highest BCUT2D eigenvalue weighted by Gasteiger charge is 2.33. The van der Waals surface area contributed by atoms with Gasteiger partial charge in [-0.15, -0.1) is 0 Å². The largest absolute Gasteiger partial charge is 0.0622 e. The summed E-state index contributed by atoms with van der Waals surface area (Å²) in [7, 11) is 0. The Bertz CT molecular complexity index is 744. The van der Waals surface area contributed by atoms with Gasteiger partial charge in [0.2, 0.25) is 0 Å². The van der Waals surface area contributed by atoms with Crippen molar-refractivity contribution in [1.82, 2.24) is 0 Å². The Labute approximate surface area is 168 Å². The Morgan fingerprint density at radius 2 is 1.11 bits per heavy atom. The summed E-state index contributed by atoms with van der Waals surface area (Å²) in [5, 5.41) is 0. The molecule has 0 aromatic heterocycles. The molecular formula is C27H40. The second-order valence-electron chi connectivity index (χ2n) is 11.1. The second-order valence-corrected chi connectivity index (χ2v) is 11.1. The standard InChI is InChI=1S/C27H40/c1-25(2,3)22-19-18-21(17-13-16-20-14-11-10-12-15-20)23(26(4,5)6)24(22)27(7,8)9/h10-12,14-15,18-19H,13,16-17H2,1-9H3. The minimum Gasteiger partial charge on any atom is -0.0622 e. The Kier molecular flexibility index (Phi) is 6.30. The van der Waals surface area contributed by atoms with Crippen LogP contribution in [0.1, 0.15) is 96.6 Å². The molecule has 0 spiro atoms. The topological polar surface area (TPSA) is 0 Å². The molecule has 0 aliphatic carbocycles. The molecule has 0 aliphatic heterocycles. The summed E-state index contributed by atoms with van der Waals surface area (Å²) < 4.78 is 0. The number of benzene rings is 2. The lowest BCUT2D eigenvalue weighted by atomic mass is 9.67. The molecule has 0 radical (unpaired) electrons. The van der Waals surface area contributed by atoms with Gasteiger partial charge in [0.05, 0.1) is 0 Å². The van der Waals surface area contributed by atoms with Crippen molar-refractivity contribution in [2.75, 3.05) is 0 Å². The van der Waals surface area contributed by atoms with Crippen molar-refractivity contribution < 1.29 is 0 Å². The summed E-state index contributed by atoms with van der Waals surface area (Å²) in [5.74, 6) is 0. The fraction of sp³-hybridized carbons (Fsp3) is 0.556. The highest BCUT2D eigenvalue weighted by atomic mass is 14.4. The van der Waals surface area contributed by atoms with Crippen LogP contribution in [0, 0.1) is 0 Å². The zero-order chi connectivity index (χ0) is 20.5. The summed E-state index contributed by atoms with van der Waals surface area (Å²) in [6, 6.07) is 15.7. The van der Waals surface area contributed by atoms with Crippen LogP contribution in [0.5, 0.6) is 0 Å². The van der Waals surface area contributed by atoms with Gasteiger partial charge in [-0.2, -0.15) is 0 Å². The molecule has 0 heteroatoms. The molecule has 0 N–H and O–H groups in total. The van der Waals surface area contributed by atoms with E-state index in [1.54, 1.807) is 11.1 Å². The van der Waals surface area contributed by atoms with E-state index in [9.17, 15) is 0 Å². The van der Waals surface area contributed by atoms with Crippen LogP contribution in [0.15, 0.2) is 42.5 Å². The SMILES string of the molecule is CC(C)(C)c1ccc(CCCc2ccccc2)c(C(C)(C)C)c1C(C)(C)C. The highest BCUT2D eigenvalue weighted by molar-refractivity contribution is 5.51. The molecule has 0 fully saturated rings. The van der Waals surface area contributed by atoms with E-state index in [1.807, 2.05) is 0 Å². The highest BCUT2D eigenvalue weighted by Crippen LogP contribution is 2.42. The average molecular weight is 365 g/mol. The third-order valence-corrected chi connectivity index (χ3v) is 5.35. The molecule has 2 aromatic rings. The van der Waals surface area contributed by atoms with E-state index in [0.717, 1.165) is 12.8 Å². The first kappa shape index (κ1) is 21.7. The molecule has 0 saturated carbocycles. The molecule has 0 atom stereocenters. The van der Waals surface area contributed by atoms with E-state index in [1.165, 1.54) is 23.1 Å². The first-order chi connectivity index (χ1) is 12.3. The molecule has 0 aliphatic rings. The third-order valence-electron chi connectivity index (χ3n) is 5.35. The molecular weight excluding hydrogens is 324 g/mol. The monoisotopic (exact) mass is 364 g/mol. The normalized spacial score (nSPS) is 13.1. The summed E-state index contributed by atoms with van der Waals surface area (Å²) >= 11 is 0. The maximum atomic E-state index is 2.42. The van der Waals surface area contributed by atoms with E-state index >= 15 is 0 Å². The van der Waals surface area contributed by atoms with Crippen molar-refractivity contribution in [2.24, 2.45) is 0 Å². The van der Waals surface area contributed by atoms with Crippen LogP contribution < -0.4 is 0 Å². The first-order valence-corrected chi connectivity index (χ1v) is 10.5. The molecule has 0 saturated heterocycles. The fourth-order valence-corrected chi connectivity index (χ4v) is 4.24. The number of aryl methyl sites for hydroxylation is 2. The van der Waals surface area contributed by atoms with Crippen molar-refractivity contribution in [2.45, 2.75) is 97.8 Å². The quantitative estimate of drug-likeness (QED) is 0.520. The molecule has 0 amide bonds. The van der Waals surface area contributed by atoms with E-state index in [0.29, 0.717) is 0 Å². The van der Waals surface area contributed by atoms with Crippen molar-refractivity contribution in [3.05, 3.63) is 70.3 Å². The van der Waals surface area contributed by atoms with Crippen LogP contribution in [0.2, 0.25) is 0 Å².